The van der Waals surface area contributed by atoms with E-state index in [1.807, 2.05) is 162 Å². The molecule has 7 N–H and O–H groups in total. The van der Waals surface area contributed by atoms with E-state index in [2.05, 4.69) is 36.3 Å². The summed E-state index contributed by atoms with van der Waals surface area (Å²) in [4.78, 5) is 37.7. The summed E-state index contributed by atoms with van der Waals surface area (Å²) in [5.74, 6) is 2.02. The summed E-state index contributed by atoms with van der Waals surface area (Å²) in [5, 5.41) is 47.8. The lowest BCUT2D eigenvalue weighted by molar-refractivity contribution is -0.138. The number of nitrogens with two attached hydrogens (primary N) is 1. The molecule has 0 spiro atoms. The molecule has 0 saturated heterocycles. The van der Waals surface area contributed by atoms with E-state index in [0.717, 1.165) is 95.7 Å². The number of anilines is 4. The number of para-hydroxylation sites is 5. The van der Waals surface area contributed by atoms with Crippen LogP contribution in [0, 0.1) is 13.8 Å². The van der Waals surface area contributed by atoms with Gasteiger partial charge in [0.2, 0.25) is 0 Å². The number of aryl methyl sites for hydroxylation is 2. The van der Waals surface area contributed by atoms with Crippen LogP contribution in [0.5, 0.6) is 5.75 Å². The topological polar surface area (TPSA) is 261 Å². The Bertz CT molecular complexity index is 5530. The normalized spacial score (nSPS) is 11.3. The molecule has 0 aliphatic heterocycles. The highest BCUT2D eigenvalue weighted by molar-refractivity contribution is 6.10. The molecule has 9 aromatic carbocycles. The monoisotopic (exact) mass is 1440 g/mol. The third-order valence-electron chi connectivity index (χ3n) is 17.2. The van der Waals surface area contributed by atoms with Gasteiger partial charge in [-0.1, -0.05) is 133 Å². The Labute approximate surface area is 601 Å². The summed E-state index contributed by atoms with van der Waals surface area (Å²) in [5.41, 5.74) is 14.9. The lowest BCUT2D eigenvalue weighted by Gasteiger charge is -2.08. The molecule has 3 amide bonds. The lowest BCUT2D eigenvalue weighted by Crippen LogP contribution is -2.14. The second-order valence-electron chi connectivity index (χ2n) is 24.4. The van der Waals surface area contributed by atoms with E-state index in [4.69, 9.17) is 29.5 Å². The number of nitrogen functional groups attached to an aromatic ring is 1. The Kier molecular flexibility index (Phi) is 22.0. The fourth-order valence-corrected chi connectivity index (χ4v) is 11.5. The zero-order chi connectivity index (χ0) is 74.7. The number of amides is 3. The number of furan rings is 2. The molecule has 0 aliphatic rings. The van der Waals surface area contributed by atoms with E-state index in [1.165, 1.54) is 43.9 Å². The molecule has 6 heterocycles. The second-order valence-corrected chi connectivity index (χ2v) is 24.4. The third-order valence-corrected chi connectivity index (χ3v) is 17.2. The SMILES string of the molecule is COc1ccccc1C(=O)Nc1nn(Cc2ccc(C(F)(F)F)cc2)c2ccccc12.Cc1cc(C(=O)Nc2nn(Cc3ccc(C(F)(F)F)cc3)c3ccccc23)oc1C.Nc1nn(Cc2ccc(CO)cc2)c2ccccc12.O=C(Nc1nn(Cc2ccc(CO)cc2)c2ccccc12)c1ccoc1. The van der Waals surface area contributed by atoms with Crippen LogP contribution in [0.25, 0.3) is 43.6 Å². The number of aromatic nitrogens is 8. The molecule has 6 aromatic heterocycles. The van der Waals surface area contributed by atoms with Crippen molar-refractivity contribution in [3.8, 4) is 5.75 Å². The quantitative estimate of drug-likeness (QED) is 0.0464. The number of nitrogens with zero attached hydrogens (tertiary/aromatic N) is 8. The van der Waals surface area contributed by atoms with Crippen LogP contribution >= 0.6 is 0 Å². The largest absolute Gasteiger partial charge is 0.496 e. The summed E-state index contributed by atoms with van der Waals surface area (Å²) in [6, 6.07) is 65.9. The fourth-order valence-electron chi connectivity index (χ4n) is 11.5. The summed E-state index contributed by atoms with van der Waals surface area (Å²) in [7, 11) is 1.49. The lowest BCUT2D eigenvalue weighted by atomic mass is 10.1. The van der Waals surface area contributed by atoms with Gasteiger partial charge in [-0.15, -0.1) is 0 Å². The molecule has 0 bridgehead atoms. The Morgan fingerprint density at radius 3 is 1.20 bits per heavy atom. The van der Waals surface area contributed by atoms with Gasteiger partial charge in [0.05, 0.1) is 97.1 Å². The standard InChI is InChI=1S/C23H18F3N3O2.C22H18F3N3O2.C20H17N3O3.C15H15N3O/c1-31-20-9-5-3-7-18(20)22(30)27-21-17-6-2-4-8-19(17)29(28-21)14-15-10-12-16(13-11-15)23(24,25)26;1-13-11-19(30-14(13)2)21(29)26-20-17-5-3-4-6-18(17)28(27-20)12-15-7-9-16(10-8-15)22(23,24)25;24-12-15-7-5-14(6-8-15)11-23-18-4-2-1-3-17(18)19(22-23)21-20(25)16-9-10-26-13-16;16-15-13-3-1-2-4-14(13)18(17-15)9-11-5-7-12(10-19)8-6-11/h2-13H,14H2,1H3,(H,27,28,30);3-11H,12H2,1-2H3,(H,26,27,29);1-10,13,24H,11-12H2,(H,21,22,25);1-8,19H,9-10H2,(H2,16,17). The number of nitrogens with one attached hydrogen (secondary N) is 3. The van der Waals surface area contributed by atoms with Crippen LogP contribution in [0.4, 0.5) is 49.6 Å². The number of benzene rings is 9. The van der Waals surface area contributed by atoms with Crippen LogP contribution in [0.2, 0.25) is 0 Å². The molecule has 0 aliphatic carbocycles. The number of aliphatic hydroxyl groups excluding tert-OH is 2. The van der Waals surface area contributed by atoms with Crippen LogP contribution in [0.1, 0.15) is 87.1 Å². The van der Waals surface area contributed by atoms with Gasteiger partial charge in [-0.2, -0.15) is 46.7 Å². The van der Waals surface area contributed by atoms with E-state index in [-0.39, 0.29) is 43.9 Å². The van der Waals surface area contributed by atoms with Crippen LogP contribution in [0.3, 0.4) is 0 Å². The average molecular weight is 1440 g/mol. The minimum Gasteiger partial charge on any atom is -0.496 e. The van der Waals surface area contributed by atoms with Gasteiger partial charge < -0.3 is 45.5 Å². The second kappa shape index (κ2) is 32.1. The number of carbonyl (C=O) groups excluding carboxylic acids is 3. The highest BCUT2D eigenvalue weighted by Gasteiger charge is 2.31. The molecular formula is C80H68F6N12O8. The van der Waals surface area contributed by atoms with Crippen molar-refractivity contribution in [1.82, 2.24) is 39.1 Å². The number of aliphatic hydroxyl groups is 2. The molecule has 20 nitrogen and oxygen atoms in total. The van der Waals surface area contributed by atoms with Gasteiger partial charge in [0.25, 0.3) is 17.7 Å². The van der Waals surface area contributed by atoms with Crippen molar-refractivity contribution in [2.45, 2.75) is 65.6 Å². The van der Waals surface area contributed by atoms with E-state index in [1.54, 1.807) is 52.7 Å². The van der Waals surface area contributed by atoms with Gasteiger partial charge in [0.1, 0.15) is 17.8 Å². The third kappa shape index (κ3) is 17.2. The minimum atomic E-state index is -4.38. The van der Waals surface area contributed by atoms with E-state index in [0.29, 0.717) is 70.1 Å². The molecule has 106 heavy (non-hydrogen) atoms. The van der Waals surface area contributed by atoms with Gasteiger partial charge in [-0.25, -0.2) is 0 Å². The van der Waals surface area contributed by atoms with Gasteiger partial charge in [-0.05, 0) is 150 Å². The maximum Gasteiger partial charge on any atom is 0.416 e. The Balaban J connectivity index is 0.000000134. The summed E-state index contributed by atoms with van der Waals surface area (Å²) >= 11 is 0. The molecule has 0 unspecified atom stereocenters. The van der Waals surface area contributed by atoms with Gasteiger partial charge in [0.15, 0.2) is 29.0 Å². The molecule has 26 heteroatoms. The highest BCUT2D eigenvalue weighted by Crippen LogP contribution is 2.33. The van der Waals surface area contributed by atoms with E-state index in [9.17, 15) is 40.7 Å². The Morgan fingerprint density at radius 2 is 0.811 bits per heavy atom. The summed E-state index contributed by atoms with van der Waals surface area (Å²) in [6.45, 7) is 5.46. The Morgan fingerprint density at radius 1 is 0.453 bits per heavy atom. The number of halogens is 6. The number of ether oxygens (including phenoxy) is 1. The van der Waals surface area contributed by atoms with Crippen molar-refractivity contribution in [1.29, 1.82) is 0 Å². The van der Waals surface area contributed by atoms with Crippen molar-refractivity contribution < 1.29 is 64.5 Å². The molecule has 0 atom stereocenters. The minimum absolute atomic E-state index is 0.0230. The molecule has 15 rings (SSSR count). The molecular weight excluding hydrogens is 1370 g/mol. The smallest absolute Gasteiger partial charge is 0.416 e. The first-order valence-corrected chi connectivity index (χ1v) is 33.0. The van der Waals surface area contributed by atoms with Crippen LogP contribution in [-0.4, -0.2) is 74.2 Å². The van der Waals surface area contributed by atoms with Crippen molar-refractivity contribution in [2.75, 3.05) is 28.8 Å². The van der Waals surface area contributed by atoms with Crippen molar-refractivity contribution in [2.24, 2.45) is 0 Å². The number of hydrogen-bond donors (Lipinski definition) is 6. The van der Waals surface area contributed by atoms with E-state index < -0.39 is 29.4 Å². The average Bonchev–Trinajstić information content (AvgIpc) is 1.50. The van der Waals surface area contributed by atoms with Crippen molar-refractivity contribution in [3.63, 3.8) is 0 Å². The highest BCUT2D eigenvalue weighted by atomic mass is 19.4. The van der Waals surface area contributed by atoms with Crippen LogP contribution in [0.15, 0.2) is 252 Å². The maximum atomic E-state index is 12.8. The number of methoxy groups -OCH3 is 1. The zero-order valence-corrected chi connectivity index (χ0v) is 57.1. The maximum absolute atomic E-state index is 12.8. The number of alkyl halides is 6. The summed E-state index contributed by atoms with van der Waals surface area (Å²) in [6.07, 6.45) is -5.90. The first-order chi connectivity index (χ1) is 51.1. The molecule has 15 aromatic rings. The number of carbonyl (C=O) groups is 3. The summed E-state index contributed by atoms with van der Waals surface area (Å²) < 4.78 is 99.5. The molecule has 0 fully saturated rings. The van der Waals surface area contributed by atoms with Crippen molar-refractivity contribution in [3.05, 3.63) is 316 Å². The van der Waals surface area contributed by atoms with Gasteiger partial charge in [0, 0.05) is 21.5 Å². The Hall–Kier alpha value is -13.1. The fraction of sp³-hybridized carbons (Fsp3) is 0.138. The number of fused-ring (bicyclic) bond motifs is 4. The zero-order valence-electron chi connectivity index (χ0n) is 57.1. The first-order valence-electron chi connectivity index (χ1n) is 33.0. The van der Waals surface area contributed by atoms with Crippen LogP contribution in [-0.2, 0) is 51.7 Å². The first kappa shape index (κ1) is 72.7. The van der Waals surface area contributed by atoms with Crippen molar-refractivity contribution >= 4 is 84.6 Å². The van der Waals surface area contributed by atoms with E-state index >= 15 is 0 Å². The molecule has 0 saturated carbocycles. The van der Waals surface area contributed by atoms with Gasteiger partial charge in [-0.3, -0.25) is 33.1 Å². The predicted octanol–water partition coefficient (Wildman–Crippen LogP) is 16.5. The number of rotatable bonds is 17. The predicted molar refractivity (Wildman–Crippen MR) is 391 cm³/mol. The van der Waals surface area contributed by atoms with Gasteiger partial charge >= 0.3 is 12.4 Å². The van der Waals surface area contributed by atoms with Crippen LogP contribution < -0.4 is 26.4 Å². The number of hydrogen-bond acceptors (Lipinski definition) is 13. The molecule has 0 radical (unpaired) electrons. The molecule has 538 valence electrons.